The normalized spacial score (nSPS) is 16.4. The average Bonchev–Trinajstić information content (AvgIpc) is 3.31. The van der Waals surface area contributed by atoms with Crippen LogP contribution in [0, 0.1) is 0 Å². The molecule has 0 bridgehead atoms. The third-order valence-electron chi connectivity index (χ3n) is 4.84. The van der Waals surface area contributed by atoms with E-state index in [-0.39, 0.29) is 11.0 Å². The van der Waals surface area contributed by atoms with Crippen molar-refractivity contribution in [2.45, 2.75) is 11.3 Å². The van der Waals surface area contributed by atoms with E-state index in [0.717, 1.165) is 21.5 Å². The molecule has 8 nitrogen and oxygen atoms in total. The van der Waals surface area contributed by atoms with Gasteiger partial charge in [0.1, 0.15) is 23.5 Å². The van der Waals surface area contributed by atoms with Gasteiger partial charge >= 0.3 is 0 Å². The lowest BCUT2D eigenvalue weighted by molar-refractivity contribution is -0.110. The van der Waals surface area contributed by atoms with E-state index in [1.807, 2.05) is 18.2 Å². The van der Waals surface area contributed by atoms with E-state index in [2.05, 4.69) is 20.3 Å². The van der Waals surface area contributed by atoms with Gasteiger partial charge in [0, 0.05) is 30.1 Å². The first-order chi connectivity index (χ1) is 13.7. The van der Waals surface area contributed by atoms with Crippen LogP contribution in [0.5, 0.6) is 0 Å². The maximum atomic E-state index is 12.7. The number of carbonyl (C=O) groups excluding carboxylic acids is 2. The van der Waals surface area contributed by atoms with E-state index in [1.165, 1.54) is 18.1 Å². The van der Waals surface area contributed by atoms with Crippen LogP contribution >= 0.6 is 11.8 Å². The van der Waals surface area contributed by atoms with Crippen molar-refractivity contribution in [1.82, 2.24) is 19.9 Å². The van der Waals surface area contributed by atoms with Crippen molar-refractivity contribution >= 4 is 45.3 Å². The summed E-state index contributed by atoms with van der Waals surface area (Å²) in [5.41, 5.74) is 2.96. The largest absolute Gasteiger partial charge is 0.378 e. The van der Waals surface area contributed by atoms with Gasteiger partial charge in [-0.3, -0.25) is 9.59 Å². The average molecular weight is 395 g/mol. The number of carbonyl (C=O) groups is 2. The highest BCUT2D eigenvalue weighted by Crippen LogP contribution is 2.35. The molecule has 1 amide bonds. The maximum absolute atomic E-state index is 12.7. The van der Waals surface area contributed by atoms with E-state index < -0.39 is 0 Å². The molecule has 2 N–H and O–H groups in total. The molecule has 2 aliphatic heterocycles. The minimum atomic E-state index is -0.0697. The van der Waals surface area contributed by atoms with Crippen LogP contribution in [0.3, 0.4) is 0 Å². The van der Waals surface area contributed by atoms with Crippen LogP contribution in [0.4, 0.5) is 11.5 Å². The first kappa shape index (κ1) is 17.2. The van der Waals surface area contributed by atoms with E-state index in [9.17, 15) is 9.59 Å². The number of aromatic amines is 1. The number of morpholine rings is 1. The number of anilines is 2. The second-order valence-corrected chi connectivity index (χ2v) is 7.77. The topological polar surface area (TPSA) is 100 Å². The summed E-state index contributed by atoms with van der Waals surface area (Å²) in [7, 11) is 0. The van der Waals surface area contributed by atoms with E-state index in [4.69, 9.17) is 4.74 Å². The van der Waals surface area contributed by atoms with E-state index in [0.29, 0.717) is 49.9 Å². The van der Waals surface area contributed by atoms with Gasteiger partial charge in [-0.25, -0.2) is 9.97 Å². The van der Waals surface area contributed by atoms with Gasteiger partial charge in [0.05, 0.1) is 18.6 Å². The molecule has 0 radical (unpaired) electrons. The molecule has 0 aliphatic carbocycles. The van der Waals surface area contributed by atoms with E-state index >= 15 is 0 Å². The minimum Gasteiger partial charge on any atom is -0.378 e. The fraction of sp³-hybridized carbons (Fsp3) is 0.263. The van der Waals surface area contributed by atoms with Crippen LogP contribution < -0.4 is 5.32 Å². The lowest BCUT2D eigenvalue weighted by Gasteiger charge is -2.26. The molecular weight excluding hydrogens is 378 g/mol. The van der Waals surface area contributed by atoms with Gasteiger partial charge in [-0.2, -0.15) is 0 Å². The second kappa shape index (κ2) is 6.92. The predicted molar refractivity (Wildman–Crippen MR) is 105 cm³/mol. The number of hydrogen-bond acceptors (Lipinski definition) is 7. The van der Waals surface area contributed by atoms with Gasteiger partial charge in [-0.15, -0.1) is 0 Å². The van der Waals surface area contributed by atoms with Crippen LogP contribution in [0.15, 0.2) is 35.5 Å². The zero-order chi connectivity index (χ0) is 19.1. The number of hydrogen-bond donors (Lipinski definition) is 2. The molecule has 3 aromatic rings. The number of nitrogens with one attached hydrogen (secondary N) is 2. The van der Waals surface area contributed by atoms with Gasteiger partial charge in [0.25, 0.3) is 5.91 Å². The van der Waals surface area contributed by atoms with Crippen molar-refractivity contribution in [1.29, 1.82) is 0 Å². The van der Waals surface area contributed by atoms with Gasteiger partial charge in [-0.1, -0.05) is 17.8 Å². The fourth-order valence-electron chi connectivity index (χ4n) is 3.42. The van der Waals surface area contributed by atoms with Crippen LogP contribution in [-0.2, 0) is 16.0 Å². The minimum absolute atomic E-state index is 0.0697. The zero-order valence-electron chi connectivity index (χ0n) is 14.9. The lowest BCUT2D eigenvalue weighted by Crippen LogP contribution is -2.40. The number of aromatic nitrogens is 3. The first-order valence-corrected chi connectivity index (χ1v) is 9.80. The predicted octanol–water partition coefficient (Wildman–Crippen LogP) is 2.35. The molecule has 2 aliphatic rings. The van der Waals surface area contributed by atoms with Gasteiger partial charge in [-0.05, 0) is 23.8 Å². The Morgan fingerprint density at radius 1 is 1.21 bits per heavy atom. The summed E-state index contributed by atoms with van der Waals surface area (Å²) in [5, 5.41) is 4.18. The molecule has 1 aromatic carbocycles. The number of thioether (sulfide) groups is 1. The van der Waals surface area contributed by atoms with Crippen molar-refractivity contribution in [3.05, 3.63) is 41.9 Å². The molecule has 4 heterocycles. The molecule has 0 unspecified atom stereocenters. The molecular formula is C19H17N5O3S. The van der Waals surface area contributed by atoms with Crippen molar-refractivity contribution in [2.24, 2.45) is 0 Å². The van der Waals surface area contributed by atoms with Crippen LogP contribution in [0.25, 0.3) is 11.0 Å². The van der Waals surface area contributed by atoms with Gasteiger partial charge in [0.2, 0.25) is 0 Å². The summed E-state index contributed by atoms with van der Waals surface area (Å²) in [4.78, 5) is 38.8. The number of rotatable bonds is 3. The summed E-state index contributed by atoms with van der Waals surface area (Å²) < 4.78 is 5.31. The Balaban J connectivity index is 1.44. The van der Waals surface area contributed by atoms with Crippen LogP contribution in [0.1, 0.15) is 16.1 Å². The zero-order valence-corrected chi connectivity index (χ0v) is 15.7. The summed E-state index contributed by atoms with van der Waals surface area (Å²) in [6, 6.07) is 7.61. The second-order valence-electron chi connectivity index (χ2n) is 6.67. The Morgan fingerprint density at radius 2 is 2.07 bits per heavy atom. The first-order valence-electron chi connectivity index (χ1n) is 8.99. The van der Waals surface area contributed by atoms with Crippen molar-refractivity contribution in [3.8, 4) is 0 Å². The Hall–Kier alpha value is -2.91. The smallest absolute Gasteiger partial charge is 0.270 e. The standard InChI is InChI=1S/C19H17N5O3S/c25-16-7-11-1-2-12(8-15(11)28-16)22-17-13-9-14(23-18(13)21-10-20-17)19(26)24-3-5-27-6-4-24/h1-2,8-10H,3-7H2,(H2,20,21,22,23). The number of nitrogens with zero attached hydrogens (tertiary/aromatic N) is 3. The molecule has 0 saturated carbocycles. The van der Waals surface area contributed by atoms with Crippen LogP contribution in [0.2, 0.25) is 0 Å². The molecule has 0 spiro atoms. The highest BCUT2D eigenvalue weighted by molar-refractivity contribution is 8.14. The maximum Gasteiger partial charge on any atom is 0.270 e. The molecule has 2 aromatic heterocycles. The Labute approximate surface area is 164 Å². The lowest BCUT2D eigenvalue weighted by atomic mass is 10.1. The van der Waals surface area contributed by atoms with Crippen molar-refractivity contribution in [2.75, 3.05) is 31.6 Å². The van der Waals surface area contributed by atoms with Gasteiger partial charge < -0.3 is 19.9 Å². The van der Waals surface area contributed by atoms with Gasteiger partial charge in [0.15, 0.2) is 5.12 Å². The number of ether oxygens (including phenoxy) is 1. The number of fused-ring (bicyclic) bond motifs is 2. The molecule has 9 heteroatoms. The number of H-pyrrole nitrogens is 1. The molecule has 1 saturated heterocycles. The molecule has 5 rings (SSSR count). The van der Waals surface area contributed by atoms with Crippen molar-refractivity contribution in [3.63, 3.8) is 0 Å². The highest BCUT2D eigenvalue weighted by Gasteiger charge is 2.22. The summed E-state index contributed by atoms with van der Waals surface area (Å²) in [6.45, 7) is 2.27. The number of amides is 1. The molecule has 142 valence electrons. The summed E-state index contributed by atoms with van der Waals surface area (Å²) >= 11 is 1.26. The summed E-state index contributed by atoms with van der Waals surface area (Å²) in [6.07, 6.45) is 1.93. The molecule has 1 fully saturated rings. The highest BCUT2D eigenvalue weighted by atomic mass is 32.2. The Kier molecular flexibility index (Phi) is 4.25. The quantitative estimate of drug-likeness (QED) is 0.702. The third kappa shape index (κ3) is 3.12. The van der Waals surface area contributed by atoms with Crippen molar-refractivity contribution < 1.29 is 14.3 Å². The molecule has 0 atom stereocenters. The fourth-order valence-corrected chi connectivity index (χ4v) is 4.35. The molecule has 28 heavy (non-hydrogen) atoms. The monoisotopic (exact) mass is 395 g/mol. The van der Waals surface area contributed by atoms with Crippen LogP contribution in [-0.4, -0.2) is 57.2 Å². The Bertz CT molecular complexity index is 1090. The SMILES string of the molecule is O=C1Cc2ccc(Nc3ncnc4[nH]c(C(=O)N5CCOCC5)cc34)cc2S1. The van der Waals surface area contributed by atoms with E-state index in [1.54, 1.807) is 11.0 Å². The third-order valence-corrected chi connectivity index (χ3v) is 5.81. The Morgan fingerprint density at radius 3 is 2.93 bits per heavy atom. The number of benzene rings is 1. The summed E-state index contributed by atoms with van der Waals surface area (Å²) in [5.74, 6) is 0.538.